The number of carbonyl (C=O) groups excluding carboxylic acids is 2. The molecule has 0 radical (unpaired) electrons. The molecule has 0 aliphatic carbocycles. The number of carbonyl (C=O) groups is 2. The lowest BCUT2D eigenvalue weighted by molar-refractivity contribution is -0.137. The highest BCUT2D eigenvalue weighted by Crippen LogP contribution is 2.36. The number of amides is 3. The molecule has 0 bridgehead atoms. The number of urea groups is 1. The minimum Gasteiger partial charge on any atom is -0.337 e. The number of nitrogens with zero attached hydrogens (tertiary/aromatic N) is 3. The smallest absolute Gasteiger partial charge is 0.337 e. The summed E-state index contributed by atoms with van der Waals surface area (Å²) in [5.41, 5.74) is -1.90. The lowest BCUT2D eigenvalue weighted by atomic mass is 9.92. The van der Waals surface area contributed by atoms with E-state index in [0.29, 0.717) is 10.6 Å². The quantitative estimate of drug-likeness (QED) is 0.524. The molecule has 1 aliphatic rings. The molecule has 0 spiro atoms. The Morgan fingerprint density at radius 3 is 2.59 bits per heavy atom. The van der Waals surface area contributed by atoms with Crippen molar-refractivity contribution >= 4 is 35.1 Å². The summed E-state index contributed by atoms with van der Waals surface area (Å²) in [6, 6.07) is 8.19. The van der Waals surface area contributed by atoms with Crippen LogP contribution in [0.4, 0.5) is 18.0 Å². The molecule has 1 saturated heterocycles. The van der Waals surface area contributed by atoms with Crippen molar-refractivity contribution in [3.63, 3.8) is 0 Å². The number of imide groups is 1. The first-order valence-corrected chi connectivity index (χ1v) is 9.84. The summed E-state index contributed by atoms with van der Waals surface area (Å²) in [7, 11) is 0. The molecule has 4 rings (SSSR count). The van der Waals surface area contributed by atoms with Crippen LogP contribution in [0.3, 0.4) is 0 Å². The Morgan fingerprint density at radius 1 is 1.16 bits per heavy atom. The van der Waals surface area contributed by atoms with E-state index in [1.165, 1.54) is 37.3 Å². The number of nitrogens with one attached hydrogen (secondary N) is 1. The summed E-state index contributed by atoms with van der Waals surface area (Å²) >= 11 is 12.1. The molecule has 32 heavy (non-hydrogen) atoms. The molecule has 166 valence electrons. The molecule has 1 N–H and O–H groups in total. The van der Waals surface area contributed by atoms with E-state index >= 15 is 0 Å². The van der Waals surface area contributed by atoms with E-state index in [2.05, 4.69) is 15.5 Å². The number of benzene rings is 2. The average Bonchev–Trinajstić information content (AvgIpc) is 3.27. The standard InChI is InChI=1S/C20H13Cl2F3N4O3/c1-19(13-6-5-12(21)8-14(13)22)17(30)29(18(31)27-19)9-15-26-16(28-32-15)10-3-2-4-11(7-10)20(23,24)25/h2-8H,9H2,1H3,(H,27,31). The fraction of sp³-hybridized carbons (Fsp3) is 0.200. The SMILES string of the molecule is CC1(c2ccc(Cl)cc2Cl)NC(=O)N(Cc2nc(-c3cccc(C(F)(F)F)c3)no2)C1=O. The topological polar surface area (TPSA) is 88.3 Å². The van der Waals surface area contributed by atoms with Crippen LogP contribution in [-0.2, 0) is 23.1 Å². The molecule has 1 aliphatic heterocycles. The van der Waals surface area contributed by atoms with Crippen LogP contribution < -0.4 is 5.32 Å². The zero-order chi connectivity index (χ0) is 23.3. The predicted octanol–water partition coefficient (Wildman–Crippen LogP) is 5.03. The number of hydrogen-bond acceptors (Lipinski definition) is 5. The van der Waals surface area contributed by atoms with Gasteiger partial charge in [0.25, 0.3) is 5.91 Å². The van der Waals surface area contributed by atoms with Crippen molar-refractivity contribution < 1.29 is 27.3 Å². The predicted molar refractivity (Wildman–Crippen MR) is 108 cm³/mol. The van der Waals surface area contributed by atoms with Crippen molar-refractivity contribution in [3.8, 4) is 11.4 Å². The van der Waals surface area contributed by atoms with Gasteiger partial charge in [-0.25, -0.2) is 4.79 Å². The Balaban J connectivity index is 1.58. The molecule has 12 heteroatoms. The summed E-state index contributed by atoms with van der Waals surface area (Å²) in [4.78, 5) is 30.4. The van der Waals surface area contributed by atoms with E-state index in [0.717, 1.165) is 17.0 Å². The number of aromatic nitrogens is 2. The van der Waals surface area contributed by atoms with Crippen molar-refractivity contribution in [1.82, 2.24) is 20.4 Å². The first-order valence-electron chi connectivity index (χ1n) is 9.09. The van der Waals surface area contributed by atoms with Crippen molar-refractivity contribution in [3.05, 3.63) is 69.5 Å². The second-order valence-electron chi connectivity index (χ2n) is 7.16. The monoisotopic (exact) mass is 484 g/mol. The minimum absolute atomic E-state index is 0.0739. The Kier molecular flexibility index (Phi) is 5.38. The molecule has 2 aromatic carbocycles. The van der Waals surface area contributed by atoms with Crippen LogP contribution in [0, 0.1) is 0 Å². The highest BCUT2D eigenvalue weighted by Gasteiger charge is 2.50. The van der Waals surface area contributed by atoms with E-state index in [-0.39, 0.29) is 28.8 Å². The van der Waals surface area contributed by atoms with Gasteiger partial charge in [-0.3, -0.25) is 9.69 Å². The molecule has 0 saturated carbocycles. The third-order valence-corrected chi connectivity index (χ3v) is 5.50. The summed E-state index contributed by atoms with van der Waals surface area (Å²) in [5, 5.41) is 6.81. The van der Waals surface area contributed by atoms with E-state index in [4.69, 9.17) is 27.7 Å². The van der Waals surface area contributed by atoms with E-state index in [1.807, 2.05) is 0 Å². The van der Waals surface area contributed by atoms with Crippen LogP contribution in [0.2, 0.25) is 10.0 Å². The summed E-state index contributed by atoms with van der Waals surface area (Å²) in [6.07, 6.45) is -4.53. The molecular formula is C20H13Cl2F3N4O3. The van der Waals surface area contributed by atoms with Gasteiger partial charge in [0, 0.05) is 21.2 Å². The van der Waals surface area contributed by atoms with Gasteiger partial charge in [-0.05, 0) is 31.2 Å². The van der Waals surface area contributed by atoms with Gasteiger partial charge in [0.15, 0.2) is 0 Å². The van der Waals surface area contributed by atoms with Crippen LogP contribution in [0.1, 0.15) is 23.9 Å². The van der Waals surface area contributed by atoms with Gasteiger partial charge >= 0.3 is 12.2 Å². The molecule has 1 fully saturated rings. The third kappa shape index (κ3) is 3.91. The van der Waals surface area contributed by atoms with E-state index in [1.54, 1.807) is 0 Å². The highest BCUT2D eigenvalue weighted by molar-refractivity contribution is 6.35. The fourth-order valence-electron chi connectivity index (χ4n) is 3.32. The summed E-state index contributed by atoms with van der Waals surface area (Å²) in [5.74, 6) is -0.862. The second-order valence-corrected chi connectivity index (χ2v) is 8.00. The fourth-order valence-corrected chi connectivity index (χ4v) is 3.92. The summed E-state index contributed by atoms with van der Waals surface area (Å²) in [6.45, 7) is 1.11. The number of hydrogen-bond donors (Lipinski definition) is 1. The van der Waals surface area contributed by atoms with Crippen molar-refractivity contribution in [2.75, 3.05) is 0 Å². The second kappa shape index (κ2) is 7.79. The maximum absolute atomic E-state index is 13.0. The molecule has 1 unspecified atom stereocenters. The van der Waals surface area contributed by atoms with Gasteiger partial charge in [-0.1, -0.05) is 46.6 Å². The summed E-state index contributed by atoms with van der Waals surface area (Å²) < 4.78 is 43.9. The molecule has 1 aromatic heterocycles. The van der Waals surface area contributed by atoms with Crippen molar-refractivity contribution in [2.24, 2.45) is 0 Å². The molecule has 3 amide bonds. The Bertz CT molecular complexity index is 1230. The van der Waals surface area contributed by atoms with E-state index in [9.17, 15) is 22.8 Å². The van der Waals surface area contributed by atoms with Gasteiger partial charge < -0.3 is 9.84 Å². The highest BCUT2D eigenvalue weighted by atomic mass is 35.5. The molecule has 7 nitrogen and oxygen atoms in total. The zero-order valence-electron chi connectivity index (χ0n) is 16.2. The van der Waals surface area contributed by atoms with Crippen LogP contribution >= 0.6 is 23.2 Å². The largest absolute Gasteiger partial charge is 0.416 e. The van der Waals surface area contributed by atoms with Crippen LogP contribution in [0.15, 0.2) is 47.0 Å². The van der Waals surface area contributed by atoms with E-state index < -0.39 is 29.2 Å². The van der Waals surface area contributed by atoms with Crippen LogP contribution in [-0.4, -0.2) is 27.0 Å². The van der Waals surface area contributed by atoms with Gasteiger partial charge in [0.05, 0.1) is 5.56 Å². The lowest BCUT2D eigenvalue weighted by Gasteiger charge is -2.23. The minimum atomic E-state index is -4.53. The van der Waals surface area contributed by atoms with Gasteiger partial charge in [-0.2, -0.15) is 18.2 Å². The first-order chi connectivity index (χ1) is 15.0. The zero-order valence-corrected chi connectivity index (χ0v) is 17.7. The number of alkyl halides is 3. The Hall–Kier alpha value is -3.11. The van der Waals surface area contributed by atoms with Gasteiger partial charge in [0.2, 0.25) is 11.7 Å². The molecular weight excluding hydrogens is 472 g/mol. The molecule has 2 heterocycles. The Morgan fingerprint density at radius 2 is 1.91 bits per heavy atom. The van der Waals surface area contributed by atoms with Crippen molar-refractivity contribution in [1.29, 1.82) is 0 Å². The van der Waals surface area contributed by atoms with Crippen LogP contribution in [0.25, 0.3) is 11.4 Å². The molecule has 3 aromatic rings. The van der Waals surface area contributed by atoms with Gasteiger partial charge in [0.1, 0.15) is 12.1 Å². The Labute approximate surface area is 189 Å². The number of rotatable bonds is 4. The maximum atomic E-state index is 13.0. The average molecular weight is 485 g/mol. The lowest BCUT2D eigenvalue weighted by Crippen LogP contribution is -2.41. The maximum Gasteiger partial charge on any atom is 0.416 e. The van der Waals surface area contributed by atoms with Crippen LogP contribution in [0.5, 0.6) is 0 Å². The first kappa shape index (κ1) is 22.1. The molecule has 1 atom stereocenters. The third-order valence-electron chi connectivity index (χ3n) is 4.95. The number of halogens is 5. The van der Waals surface area contributed by atoms with Crippen molar-refractivity contribution in [2.45, 2.75) is 25.2 Å². The normalized spacial score (nSPS) is 18.9. The van der Waals surface area contributed by atoms with Gasteiger partial charge in [-0.15, -0.1) is 0 Å².